The van der Waals surface area contributed by atoms with Gasteiger partial charge in [0.1, 0.15) is 0 Å². The summed E-state index contributed by atoms with van der Waals surface area (Å²) in [6.07, 6.45) is 1.93. The first kappa shape index (κ1) is 27.2. The molecule has 0 amide bonds. The summed E-state index contributed by atoms with van der Waals surface area (Å²) in [7, 11) is 0. The first-order valence-corrected chi connectivity index (χ1v) is 15.2. The lowest BCUT2D eigenvalue weighted by atomic mass is 9.97. The molecule has 3 heterocycles. The molecule has 0 spiro atoms. The third-order valence-electron chi connectivity index (χ3n) is 7.93. The van der Waals surface area contributed by atoms with Crippen LogP contribution in [0.2, 0.25) is 0 Å². The molecular formula is C41H27N5. The van der Waals surface area contributed by atoms with Gasteiger partial charge >= 0.3 is 0 Å². The van der Waals surface area contributed by atoms with Crippen molar-refractivity contribution in [3.8, 4) is 67.8 Å². The molecule has 0 fully saturated rings. The summed E-state index contributed by atoms with van der Waals surface area (Å²) in [4.78, 5) is 24.8. The Balaban J connectivity index is 1.34. The van der Waals surface area contributed by atoms with Crippen LogP contribution in [0.5, 0.6) is 0 Å². The van der Waals surface area contributed by atoms with Gasteiger partial charge in [0.15, 0.2) is 17.5 Å². The maximum atomic E-state index is 5.09. The minimum Gasteiger partial charge on any atom is -0.256 e. The van der Waals surface area contributed by atoms with E-state index in [0.29, 0.717) is 17.5 Å². The van der Waals surface area contributed by atoms with Crippen molar-refractivity contribution in [2.45, 2.75) is 0 Å². The fraction of sp³-hybridized carbons (Fsp3) is 0. The summed E-state index contributed by atoms with van der Waals surface area (Å²) in [6, 6.07) is 53.2. The molecule has 0 atom stereocenters. The second-order valence-electron chi connectivity index (χ2n) is 11.0. The molecule has 0 saturated carbocycles. The molecule has 0 aliphatic carbocycles. The first-order valence-electron chi connectivity index (χ1n) is 15.2. The van der Waals surface area contributed by atoms with Gasteiger partial charge in [-0.1, -0.05) is 115 Å². The van der Waals surface area contributed by atoms with E-state index < -0.39 is 0 Å². The van der Waals surface area contributed by atoms with E-state index in [1.807, 2.05) is 115 Å². The smallest absolute Gasteiger partial charge is 0.164 e. The zero-order chi connectivity index (χ0) is 30.7. The molecule has 0 radical (unpaired) electrons. The highest BCUT2D eigenvalue weighted by Gasteiger charge is 2.16. The number of para-hydroxylation sites is 1. The lowest BCUT2D eigenvalue weighted by Gasteiger charge is -2.13. The molecular weight excluding hydrogens is 562 g/mol. The lowest BCUT2D eigenvalue weighted by molar-refractivity contribution is 1.07. The second-order valence-corrected chi connectivity index (χ2v) is 11.0. The molecule has 0 aliphatic heterocycles. The largest absolute Gasteiger partial charge is 0.256 e. The monoisotopic (exact) mass is 589 g/mol. The van der Waals surface area contributed by atoms with Crippen molar-refractivity contribution in [3.05, 3.63) is 164 Å². The van der Waals surface area contributed by atoms with Crippen LogP contribution in [0.4, 0.5) is 0 Å². The van der Waals surface area contributed by atoms with Gasteiger partial charge in [-0.3, -0.25) is 4.98 Å². The summed E-state index contributed by atoms with van der Waals surface area (Å²) in [6.45, 7) is 0. The van der Waals surface area contributed by atoms with E-state index in [1.54, 1.807) is 0 Å². The van der Waals surface area contributed by atoms with Crippen LogP contribution < -0.4 is 0 Å². The quantitative estimate of drug-likeness (QED) is 0.193. The number of pyridine rings is 2. The standard InChI is InChI=1S/C41H27N5/c1-4-13-28(14-5-1)37-21-12-22-38(43-37)33-24-32(35-23-31-19-10-11-20-36(31)42-27-35)25-34(26-33)41-45-39(29-15-6-2-7-16-29)44-40(46-41)30-17-8-3-9-18-30/h1-27H. The Morgan fingerprint density at radius 2 is 0.804 bits per heavy atom. The molecule has 5 heteroatoms. The number of aromatic nitrogens is 5. The summed E-state index contributed by atoms with van der Waals surface area (Å²) in [5, 5.41) is 1.08. The van der Waals surface area contributed by atoms with Crippen molar-refractivity contribution < 1.29 is 0 Å². The van der Waals surface area contributed by atoms with Crippen molar-refractivity contribution >= 4 is 10.9 Å². The molecule has 216 valence electrons. The van der Waals surface area contributed by atoms with Gasteiger partial charge in [-0.15, -0.1) is 0 Å². The summed E-state index contributed by atoms with van der Waals surface area (Å²) < 4.78 is 0. The van der Waals surface area contributed by atoms with Gasteiger partial charge in [0.05, 0.1) is 16.9 Å². The Morgan fingerprint density at radius 3 is 1.46 bits per heavy atom. The summed E-state index contributed by atoms with van der Waals surface area (Å²) in [5.41, 5.74) is 9.47. The highest BCUT2D eigenvalue weighted by atomic mass is 15.0. The molecule has 5 aromatic carbocycles. The third-order valence-corrected chi connectivity index (χ3v) is 7.93. The van der Waals surface area contributed by atoms with Crippen LogP contribution in [0.3, 0.4) is 0 Å². The normalized spacial score (nSPS) is 11.0. The van der Waals surface area contributed by atoms with Gasteiger partial charge in [0, 0.05) is 45.0 Å². The van der Waals surface area contributed by atoms with Crippen LogP contribution in [-0.2, 0) is 0 Å². The Bertz CT molecular complexity index is 2250. The SMILES string of the molecule is c1ccc(-c2cccc(-c3cc(-c4cnc5ccccc5c4)cc(-c4nc(-c5ccccc5)nc(-c5ccccc5)n4)c3)n2)cc1. The molecule has 5 nitrogen and oxygen atoms in total. The van der Waals surface area contributed by atoms with E-state index in [1.165, 1.54) is 0 Å². The minimum absolute atomic E-state index is 0.587. The Labute approximate surface area is 267 Å². The topological polar surface area (TPSA) is 64.5 Å². The van der Waals surface area contributed by atoms with Crippen molar-refractivity contribution in [2.75, 3.05) is 0 Å². The van der Waals surface area contributed by atoms with Crippen LogP contribution in [-0.4, -0.2) is 24.9 Å². The second kappa shape index (κ2) is 12.0. The fourth-order valence-electron chi connectivity index (χ4n) is 5.60. The fourth-order valence-corrected chi connectivity index (χ4v) is 5.60. The van der Waals surface area contributed by atoms with E-state index in [4.69, 9.17) is 24.9 Å². The van der Waals surface area contributed by atoms with Gasteiger partial charge in [-0.25, -0.2) is 19.9 Å². The van der Waals surface area contributed by atoms with Crippen LogP contribution in [0.15, 0.2) is 164 Å². The maximum Gasteiger partial charge on any atom is 0.164 e. The van der Waals surface area contributed by atoms with Gasteiger partial charge in [0.25, 0.3) is 0 Å². The van der Waals surface area contributed by atoms with E-state index in [2.05, 4.69) is 48.5 Å². The molecule has 0 saturated heterocycles. The Morgan fingerprint density at radius 1 is 0.304 bits per heavy atom. The van der Waals surface area contributed by atoms with E-state index in [0.717, 1.165) is 61.2 Å². The van der Waals surface area contributed by atoms with Crippen LogP contribution >= 0.6 is 0 Å². The number of nitrogens with zero attached hydrogens (tertiary/aromatic N) is 5. The number of fused-ring (bicyclic) bond motifs is 1. The number of hydrogen-bond acceptors (Lipinski definition) is 5. The first-order chi connectivity index (χ1) is 22.8. The average Bonchev–Trinajstić information content (AvgIpc) is 3.15. The zero-order valence-electron chi connectivity index (χ0n) is 24.8. The van der Waals surface area contributed by atoms with Crippen molar-refractivity contribution in [3.63, 3.8) is 0 Å². The third kappa shape index (κ3) is 5.53. The molecule has 8 aromatic rings. The van der Waals surface area contributed by atoms with Crippen molar-refractivity contribution in [2.24, 2.45) is 0 Å². The Kier molecular flexibility index (Phi) is 7.09. The van der Waals surface area contributed by atoms with E-state index in [9.17, 15) is 0 Å². The minimum atomic E-state index is 0.587. The van der Waals surface area contributed by atoms with Crippen molar-refractivity contribution in [1.29, 1.82) is 0 Å². The molecule has 0 unspecified atom stereocenters. The van der Waals surface area contributed by atoms with Gasteiger partial charge in [0.2, 0.25) is 0 Å². The highest BCUT2D eigenvalue weighted by molar-refractivity contribution is 5.86. The van der Waals surface area contributed by atoms with Crippen LogP contribution in [0.25, 0.3) is 78.7 Å². The summed E-state index contributed by atoms with van der Waals surface area (Å²) >= 11 is 0. The Hall–Kier alpha value is -6.33. The van der Waals surface area contributed by atoms with Crippen molar-refractivity contribution in [1.82, 2.24) is 24.9 Å². The molecule has 46 heavy (non-hydrogen) atoms. The maximum absolute atomic E-state index is 5.09. The van der Waals surface area contributed by atoms with Gasteiger partial charge in [-0.2, -0.15) is 0 Å². The highest BCUT2D eigenvalue weighted by Crippen LogP contribution is 2.34. The van der Waals surface area contributed by atoms with E-state index in [-0.39, 0.29) is 0 Å². The van der Waals surface area contributed by atoms with Gasteiger partial charge in [-0.05, 0) is 48.0 Å². The van der Waals surface area contributed by atoms with Crippen LogP contribution in [0, 0.1) is 0 Å². The predicted octanol–water partition coefficient (Wildman–Crippen LogP) is 9.82. The van der Waals surface area contributed by atoms with Gasteiger partial charge < -0.3 is 0 Å². The summed E-state index contributed by atoms with van der Waals surface area (Å²) in [5.74, 6) is 1.82. The van der Waals surface area contributed by atoms with E-state index >= 15 is 0 Å². The molecule has 3 aromatic heterocycles. The number of benzene rings is 5. The predicted molar refractivity (Wildman–Crippen MR) is 186 cm³/mol. The number of rotatable bonds is 6. The lowest BCUT2D eigenvalue weighted by Crippen LogP contribution is -2.00. The molecule has 8 rings (SSSR count). The molecule has 0 aliphatic rings. The molecule has 0 bridgehead atoms. The van der Waals surface area contributed by atoms with Crippen LogP contribution in [0.1, 0.15) is 0 Å². The zero-order valence-corrected chi connectivity index (χ0v) is 24.8. The molecule has 0 N–H and O–H groups in total. The average molecular weight is 590 g/mol. The number of hydrogen-bond donors (Lipinski definition) is 0.